The lowest BCUT2D eigenvalue weighted by Crippen LogP contribution is -2.60. The first kappa shape index (κ1) is 79.9. The Morgan fingerprint density at radius 3 is 1.01 bits per heavy atom. The Morgan fingerprint density at radius 2 is 0.699 bits per heavy atom. The maximum Gasteiger partial charge on any atom is 0.249 e. The zero-order chi connectivity index (χ0) is 60.3. The minimum atomic E-state index is -1.66. The van der Waals surface area contributed by atoms with Gasteiger partial charge in [0.1, 0.15) is 36.6 Å². The van der Waals surface area contributed by atoms with Crippen LogP contribution in [0.1, 0.15) is 373 Å². The third-order valence-corrected chi connectivity index (χ3v) is 18.1. The topological polar surface area (TPSA) is 189 Å². The molecular weight excluding hydrogens is 1040 g/mol. The quantitative estimate of drug-likeness (QED) is 0.0215. The number of hydrogen-bond acceptors (Lipinski definition) is 10. The van der Waals surface area contributed by atoms with Crippen LogP contribution in [-0.4, -0.2) is 110 Å². The fourth-order valence-corrected chi connectivity index (χ4v) is 12.2. The van der Waals surface area contributed by atoms with Crippen LogP contribution >= 0.6 is 0 Å². The number of amides is 1. The highest BCUT2D eigenvalue weighted by molar-refractivity contribution is 5.80. The summed E-state index contributed by atoms with van der Waals surface area (Å²) in [6.07, 6.45) is 64.4. The first-order valence-corrected chi connectivity index (χ1v) is 36.6. The second-order valence-electron chi connectivity index (χ2n) is 26.0. The van der Waals surface area contributed by atoms with E-state index in [1.165, 1.54) is 295 Å². The number of unbranched alkanes of at least 4 members (excludes halogenated alkanes) is 51. The second-order valence-corrected chi connectivity index (χ2v) is 26.0. The Morgan fingerprint density at radius 1 is 0.410 bits per heavy atom. The van der Waals surface area contributed by atoms with E-state index in [4.69, 9.17) is 9.47 Å². The van der Waals surface area contributed by atoms with Crippen molar-refractivity contribution in [1.82, 2.24) is 5.32 Å². The zero-order valence-electron chi connectivity index (χ0n) is 54.7. The van der Waals surface area contributed by atoms with E-state index in [9.17, 15) is 40.5 Å². The monoisotopic (exact) mass is 1180 g/mol. The first-order valence-electron chi connectivity index (χ1n) is 36.6. The van der Waals surface area contributed by atoms with Gasteiger partial charge in [-0.3, -0.25) is 4.79 Å². The van der Waals surface area contributed by atoms with Gasteiger partial charge in [0.2, 0.25) is 5.91 Å². The van der Waals surface area contributed by atoms with Gasteiger partial charge in [-0.2, -0.15) is 0 Å². The number of aliphatic hydroxyl groups excluding tert-OH is 7. The van der Waals surface area contributed by atoms with E-state index in [-0.39, 0.29) is 6.42 Å². The van der Waals surface area contributed by atoms with Crippen molar-refractivity contribution < 1.29 is 50.0 Å². The Kier molecular flexibility index (Phi) is 58.8. The number of ether oxygens (including phenoxy) is 2. The summed E-state index contributed by atoms with van der Waals surface area (Å²) in [5, 5.41) is 76.6. The van der Waals surface area contributed by atoms with Crippen molar-refractivity contribution >= 4 is 5.91 Å². The number of aliphatic hydroxyl groups is 7. The molecule has 0 saturated carbocycles. The van der Waals surface area contributed by atoms with Crippen molar-refractivity contribution in [2.75, 3.05) is 13.2 Å². The summed E-state index contributed by atoms with van der Waals surface area (Å²) in [4.78, 5) is 13.3. The molecule has 1 rings (SSSR count). The lowest BCUT2D eigenvalue weighted by Gasteiger charge is -2.40. The van der Waals surface area contributed by atoms with Crippen LogP contribution in [0.3, 0.4) is 0 Å². The van der Waals surface area contributed by atoms with Gasteiger partial charge in [0.05, 0.1) is 25.4 Å². The fourth-order valence-electron chi connectivity index (χ4n) is 12.2. The molecule has 9 atom stereocenters. The van der Waals surface area contributed by atoms with Crippen molar-refractivity contribution in [2.45, 2.75) is 428 Å². The summed E-state index contributed by atoms with van der Waals surface area (Å²) >= 11 is 0. The van der Waals surface area contributed by atoms with Crippen molar-refractivity contribution in [3.63, 3.8) is 0 Å². The summed E-state index contributed by atoms with van der Waals surface area (Å²) < 4.78 is 11.2. The molecule has 0 radical (unpaired) electrons. The van der Waals surface area contributed by atoms with Crippen molar-refractivity contribution in [3.05, 3.63) is 12.2 Å². The van der Waals surface area contributed by atoms with Gasteiger partial charge in [-0.1, -0.05) is 347 Å². The molecule has 0 aromatic rings. The predicted octanol–water partition coefficient (Wildman–Crippen LogP) is 17.8. The van der Waals surface area contributed by atoms with E-state index in [1.54, 1.807) is 0 Å². The molecule has 1 saturated heterocycles. The van der Waals surface area contributed by atoms with Gasteiger partial charge in [0.15, 0.2) is 6.29 Å². The average Bonchev–Trinajstić information content (AvgIpc) is 3.69. The summed E-state index contributed by atoms with van der Waals surface area (Å²) in [7, 11) is 0. The normalized spacial score (nSPS) is 19.0. The number of carbonyl (C=O) groups is 1. The Hall–Kier alpha value is -1.15. The minimum Gasteiger partial charge on any atom is -0.394 e. The Bertz CT molecular complexity index is 1350. The maximum atomic E-state index is 13.3. The van der Waals surface area contributed by atoms with Gasteiger partial charge >= 0.3 is 0 Å². The molecule has 494 valence electrons. The molecule has 11 nitrogen and oxygen atoms in total. The molecule has 11 heteroatoms. The van der Waals surface area contributed by atoms with Crippen LogP contribution in [0.4, 0.5) is 0 Å². The van der Waals surface area contributed by atoms with E-state index in [0.29, 0.717) is 19.3 Å². The van der Waals surface area contributed by atoms with Crippen LogP contribution in [0, 0.1) is 0 Å². The van der Waals surface area contributed by atoms with E-state index in [2.05, 4.69) is 31.3 Å². The lowest BCUT2D eigenvalue weighted by atomic mass is 9.98. The van der Waals surface area contributed by atoms with Crippen LogP contribution in [0.15, 0.2) is 12.2 Å². The summed E-state index contributed by atoms with van der Waals surface area (Å²) in [6, 6.07) is -1.17. The Labute approximate surface area is 512 Å². The molecule has 9 unspecified atom stereocenters. The third-order valence-electron chi connectivity index (χ3n) is 18.1. The average molecular weight is 1180 g/mol. The number of hydrogen-bond donors (Lipinski definition) is 8. The van der Waals surface area contributed by atoms with Crippen LogP contribution in [0.5, 0.6) is 0 Å². The van der Waals surface area contributed by atoms with Crippen LogP contribution in [0.2, 0.25) is 0 Å². The third kappa shape index (κ3) is 48.5. The molecule has 0 bridgehead atoms. The van der Waals surface area contributed by atoms with E-state index < -0.39 is 74.2 Å². The van der Waals surface area contributed by atoms with E-state index >= 15 is 0 Å². The van der Waals surface area contributed by atoms with E-state index in [1.807, 2.05) is 0 Å². The summed E-state index contributed by atoms with van der Waals surface area (Å²) in [5.74, 6) is -0.688. The molecule has 83 heavy (non-hydrogen) atoms. The molecule has 1 amide bonds. The van der Waals surface area contributed by atoms with Crippen molar-refractivity contribution in [3.8, 4) is 0 Å². The standard InChI is InChI=1S/C72H141NO10/c1-3-5-7-9-11-13-15-17-19-21-23-25-27-29-30-31-32-33-34-36-38-40-42-44-46-48-50-52-54-56-58-60-65(76)71(81)73-63(62-82-72-70(80)69(79)68(78)66(61-74)83-72)67(77)64(75)59-57-55-53-51-49-47-45-43-41-39-37-35-28-26-24-22-20-18-16-14-12-10-8-6-4-2/h29-30,63-70,72,74-80H,3-28,31-62H2,1-2H3,(H,73,81)/b30-29-. The van der Waals surface area contributed by atoms with Gasteiger partial charge in [-0.15, -0.1) is 0 Å². The molecular formula is C72H141NO10. The van der Waals surface area contributed by atoms with Crippen molar-refractivity contribution in [1.29, 1.82) is 0 Å². The molecule has 1 aliphatic heterocycles. The number of nitrogens with one attached hydrogen (secondary N) is 1. The number of carbonyl (C=O) groups excluding carboxylic acids is 1. The van der Waals surface area contributed by atoms with E-state index in [0.717, 1.165) is 38.5 Å². The molecule has 1 aliphatic rings. The maximum absolute atomic E-state index is 13.3. The zero-order valence-corrected chi connectivity index (χ0v) is 54.7. The van der Waals surface area contributed by atoms with Gasteiger partial charge < -0.3 is 50.5 Å². The first-order chi connectivity index (χ1) is 40.7. The summed E-state index contributed by atoms with van der Waals surface area (Å²) in [6.45, 7) is 3.53. The predicted molar refractivity (Wildman–Crippen MR) is 349 cm³/mol. The Balaban J connectivity index is 2.17. The van der Waals surface area contributed by atoms with Crippen LogP contribution in [-0.2, 0) is 14.3 Å². The SMILES string of the molecule is CCCCCCCCCCCCCC/C=C\CCCCCCCCCCCCCCCCCC(O)C(=O)NC(COC1OC(CO)C(O)C(O)C1O)C(O)C(O)CCCCCCCCCCCCCCCCCCCCCCCCCCC. The highest BCUT2D eigenvalue weighted by atomic mass is 16.7. The van der Waals surface area contributed by atoms with Gasteiger partial charge in [0.25, 0.3) is 0 Å². The molecule has 0 spiro atoms. The van der Waals surface area contributed by atoms with Crippen LogP contribution < -0.4 is 5.32 Å². The minimum absolute atomic E-state index is 0.265. The smallest absolute Gasteiger partial charge is 0.249 e. The number of rotatable bonds is 65. The lowest BCUT2D eigenvalue weighted by molar-refractivity contribution is -0.303. The molecule has 8 N–H and O–H groups in total. The second kappa shape index (κ2) is 61.1. The number of allylic oxidation sites excluding steroid dienone is 2. The molecule has 0 aliphatic carbocycles. The summed E-state index contributed by atoms with van der Waals surface area (Å²) in [5.41, 5.74) is 0. The van der Waals surface area contributed by atoms with Gasteiger partial charge in [-0.05, 0) is 38.5 Å². The largest absolute Gasteiger partial charge is 0.394 e. The highest BCUT2D eigenvalue weighted by Gasteiger charge is 2.44. The highest BCUT2D eigenvalue weighted by Crippen LogP contribution is 2.24. The van der Waals surface area contributed by atoms with Gasteiger partial charge in [0, 0.05) is 0 Å². The fraction of sp³-hybridized carbons (Fsp3) is 0.958. The molecule has 0 aromatic heterocycles. The van der Waals surface area contributed by atoms with Gasteiger partial charge in [-0.25, -0.2) is 0 Å². The van der Waals surface area contributed by atoms with Crippen LogP contribution in [0.25, 0.3) is 0 Å². The van der Waals surface area contributed by atoms with Crippen molar-refractivity contribution in [2.24, 2.45) is 0 Å². The molecule has 1 fully saturated rings. The molecule has 0 aromatic carbocycles. The molecule has 1 heterocycles.